The highest BCUT2D eigenvalue weighted by Crippen LogP contribution is 2.30. The third-order valence-corrected chi connectivity index (χ3v) is 5.42. The summed E-state index contributed by atoms with van der Waals surface area (Å²) in [6, 6.07) is 15.0. The van der Waals surface area contributed by atoms with Crippen molar-refractivity contribution in [2.24, 2.45) is 0 Å². The molecular weight excluding hydrogens is 432 g/mol. The van der Waals surface area contributed by atoms with Crippen molar-refractivity contribution in [3.63, 3.8) is 0 Å². The molecule has 2 aromatic carbocycles. The predicted octanol–water partition coefficient (Wildman–Crippen LogP) is 4.81. The molecule has 4 rings (SSSR count). The van der Waals surface area contributed by atoms with Crippen LogP contribution in [0.15, 0.2) is 69.3 Å². The first-order valence-corrected chi connectivity index (χ1v) is 10.1. The van der Waals surface area contributed by atoms with Crippen molar-refractivity contribution in [3.8, 4) is 23.1 Å². The lowest BCUT2D eigenvalue weighted by Gasteiger charge is -2.08. The summed E-state index contributed by atoms with van der Waals surface area (Å²) in [5.41, 5.74) is 1.21. The lowest BCUT2D eigenvalue weighted by molar-refractivity contribution is -0.384. The maximum atomic E-state index is 12.4. The Morgan fingerprint density at radius 2 is 2.12 bits per heavy atom. The maximum absolute atomic E-state index is 12.4. The molecule has 0 amide bonds. The van der Waals surface area contributed by atoms with E-state index in [-0.39, 0.29) is 17.0 Å². The van der Waals surface area contributed by atoms with Gasteiger partial charge < -0.3 is 14.5 Å². The van der Waals surface area contributed by atoms with Crippen LogP contribution in [0.1, 0.15) is 5.01 Å². The molecule has 32 heavy (non-hydrogen) atoms. The SMILES string of the molecule is COc1cc([N+](=O)[O-])ccc1NC=C(C#N)c1nc(-c2cc3ccccc3oc2=O)cs1. The topological polar surface area (TPSA) is 131 Å². The van der Waals surface area contributed by atoms with Crippen LogP contribution in [0.4, 0.5) is 11.4 Å². The van der Waals surface area contributed by atoms with Gasteiger partial charge >= 0.3 is 5.63 Å². The molecule has 0 aliphatic heterocycles. The third kappa shape index (κ3) is 4.05. The summed E-state index contributed by atoms with van der Waals surface area (Å²) in [6.45, 7) is 0. The zero-order valence-corrected chi connectivity index (χ0v) is 17.4. The van der Waals surface area contributed by atoms with E-state index < -0.39 is 10.5 Å². The largest absolute Gasteiger partial charge is 0.494 e. The summed E-state index contributed by atoms with van der Waals surface area (Å²) in [6.07, 6.45) is 1.43. The van der Waals surface area contributed by atoms with E-state index in [0.29, 0.717) is 27.5 Å². The number of anilines is 1. The number of benzene rings is 2. The Bertz CT molecular complexity index is 1470. The Hall–Kier alpha value is -4.49. The summed E-state index contributed by atoms with van der Waals surface area (Å²) >= 11 is 1.20. The Labute approximate surface area is 185 Å². The molecule has 4 aromatic rings. The average Bonchev–Trinajstić information content (AvgIpc) is 3.28. The molecule has 2 heterocycles. The molecule has 158 valence electrons. The quantitative estimate of drug-likeness (QED) is 0.193. The normalized spacial score (nSPS) is 11.2. The van der Waals surface area contributed by atoms with Crippen LogP contribution in [0, 0.1) is 21.4 Å². The van der Waals surface area contributed by atoms with Gasteiger partial charge in [-0.2, -0.15) is 5.26 Å². The number of aromatic nitrogens is 1. The number of nitro groups is 1. The zero-order chi connectivity index (χ0) is 22.7. The van der Waals surface area contributed by atoms with Gasteiger partial charge in [-0.05, 0) is 18.2 Å². The number of hydrogen-bond donors (Lipinski definition) is 1. The van der Waals surface area contributed by atoms with Crippen molar-refractivity contribution in [1.29, 1.82) is 5.26 Å². The lowest BCUT2D eigenvalue weighted by atomic mass is 10.1. The maximum Gasteiger partial charge on any atom is 0.345 e. The Morgan fingerprint density at radius 1 is 1.31 bits per heavy atom. The molecule has 0 atom stereocenters. The van der Waals surface area contributed by atoms with E-state index in [1.54, 1.807) is 23.6 Å². The number of ether oxygens (including phenoxy) is 1. The third-order valence-electron chi connectivity index (χ3n) is 4.54. The number of nitrogens with one attached hydrogen (secondary N) is 1. The summed E-state index contributed by atoms with van der Waals surface area (Å²) in [4.78, 5) is 27.2. The van der Waals surface area contributed by atoms with Gasteiger partial charge in [-0.1, -0.05) is 18.2 Å². The standard InChI is InChI=1S/C22H14N4O5S/c1-30-20-9-15(26(28)29)6-7-17(20)24-11-14(10-23)21-25-18(12-32-21)16-8-13-4-2-3-5-19(13)31-22(16)27/h2-9,11-12,24H,1H3. The fourth-order valence-electron chi connectivity index (χ4n) is 2.97. The van der Waals surface area contributed by atoms with E-state index >= 15 is 0 Å². The van der Waals surface area contributed by atoms with Gasteiger partial charge in [0.05, 0.1) is 35.0 Å². The Morgan fingerprint density at radius 3 is 2.88 bits per heavy atom. The van der Waals surface area contributed by atoms with E-state index in [9.17, 15) is 20.2 Å². The summed E-state index contributed by atoms with van der Waals surface area (Å²) < 4.78 is 10.5. The highest BCUT2D eigenvalue weighted by molar-refractivity contribution is 7.11. The number of para-hydroxylation sites is 1. The average molecular weight is 446 g/mol. The van der Waals surface area contributed by atoms with Crippen LogP contribution in [-0.4, -0.2) is 17.0 Å². The molecule has 0 saturated carbocycles. The molecule has 10 heteroatoms. The van der Waals surface area contributed by atoms with Gasteiger partial charge in [-0.3, -0.25) is 10.1 Å². The van der Waals surface area contributed by atoms with Crippen LogP contribution in [0.5, 0.6) is 5.75 Å². The number of hydrogen-bond acceptors (Lipinski definition) is 9. The van der Waals surface area contributed by atoms with Crippen molar-refractivity contribution in [3.05, 3.63) is 85.7 Å². The molecule has 0 radical (unpaired) electrons. The van der Waals surface area contributed by atoms with Gasteiger partial charge in [0.15, 0.2) is 0 Å². The first-order chi connectivity index (χ1) is 15.5. The van der Waals surface area contributed by atoms with Gasteiger partial charge in [-0.25, -0.2) is 9.78 Å². The fraction of sp³-hybridized carbons (Fsp3) is 0.0455. The van der Waals surface area contributed by atoms with Gasteiger partial charge in [0.1, 0.15) is 28.0 Å². The van der Waals surface area contributed by atoms with Crippen LogP contribution in [-0.2, 0) is 0 Å². The minimum absolute atomic E-state index is 0.115. The van der Waals surface area contributed by atoms with E-state index in [4.69, 9.17) is 9.15 Å². The molecule has 0 bridgehead atoms. The van der Waals surface area contributed by atoms with Crippen LogP contribution in [0.3, 0.4) is 0 Å². The van der Waals surface area contributed by atoms with E-state index in [1.165, 1.54) is 42.8 Å². The summed E-state index contributed by atoms with van der Waals surface area (Å²) in [5, 5.41) is 26.3. The fourth-order valence-corrected chi connectivity index (χ4v) is 3.75. The molecule has 0 aliphatic rings. The minimum Gasteiger partial charge on any atom is -0.494 e. The molecular formula is C22H14N4O5S. The monoisotopic (exact) mass is 446 g/mol. The smallest absolute Gasteiger partial charge is 0.345 e. The highest BCUT2D eigenvalue weighted by atomic mass is 32.1. The molecule has 0 aliphatic carbocycles. The van der Waals surface area contributed by atoms with Crippen molar-refractivity contribution in [1.82, 2.24) is 4.98 Å². The summed E-state index contributed by atoms with van der Waals surface area (Å²) in [5.74, 6) is 0.251. The van der Waals surface area contributed by atoms with Crippen LogP contribution in [0.2, 0.25) is 0 Å². The van der Waals surface area contributed by atoms with Gasteiger partial charge in [-0.15, -0.1) is 11.3 Å². The molecule has 0 unspecified atom stereocenters. The van der Waals surface area contributed by atoms with Crippen molar-refractivity contribution < 1.29 is 14.1 Å². The number of nitro benzene ring substituents is 1. The molecule has 9 nitrogen and oxygen atoms in total. The summed E-state index contributed by atoms with van der Waals surface area (Å²) in [7, 11) is 1.39. The van der Waals surface area contributed by atoms with Crippen molar-refractivity contribution >= 4 is 39.3 Å². The minimum atomic E-state index is -0.525. The number of methoxy groups -OCH3 is 1. The van der Waals surface area contributed by atoms with E-state index in [2.05, 4.69) is 16.4 Å². The second kappa shape index (κ2) is 8.71. The van der Waals surface area contributed by atoms with Crippen molar-refractivity contribution in [2.45, 2.75) is 0 Å². The molecule has 1 N–H and O–H groups in total. The van der Waals surface area contributed by atoms with E-state index in [1.807, 2.05) is 12.1 Å². The second-order valence-corrected chi connectivity index (χ2v) is 7.34. The van der Waals surface area contributed by atoms with Gasteiger partial charge in [0, 0.05) is 23.0 Å². The van der Waals surface area contributed by atoms with E-state index in [0.717, 1.165) is 5.39 Å². The predicted molar refractivity (Wildman–Crippen MR) is 120 cm³/mol. The number of fused-ring (bicyclic) bond motifs is 1. The van der Waals surface area contributed by atoms with Crippen LogP contribution in [0.25, 0.3) is 27.8 Å². The highest BCUT2D eigenvalue weighted by Gasteiger charge is 2.15. The van der Waals surface area contributed by atoms with Crippen LogP contribution >= 0.6 is 11.3 Å². The zero-order valence-electron chi connectivity index (χ0n) is 16.6. The number of rotatable bonds is 6. The first-order valence-electron chi connectivity index (χ1n) is 9.18. The van der Waals surface area contributed by atoms with Crippen LogP contribution < -0.4 is 15.7 Å². The number of nitriles is 1. The number of thiazole rings is 1. The molecule has 2 aromatic heterocycles. The lowest BCUT2D eigenvalue weighted by Crippen LogP contribution is -2.03. The molecule has 0 saturated heterocycles. The Balaban J connectivity index is 1.64. The molecule has 0 spiro atoms. The van der Waals surface area contributed by atoms with Gasteiger partial charge in [0.2, 0.25) is 0 Å². The number of non-ortho nitro benzene ring substituents is 1. The number of allylic oxidation sites excluding steroid dienone is 1. The van der Waals surface area contributed by atoms with Gasteiger partial charge in [0.25, 0.3) is 5.69 Å². The van der Waals surface area contributed by atoms with Crippen molar-refractivity contribution in [2.75, 3.05) is 12.4 Å². The second-order valence-electron chi connectivity index (χ2n) is 6.48. The number of nitrogens with zero attached hydrogens (tertiary/aromatic N) is 3. The molecule has 0 fully saturated rings. The Kier molecular flexibility index (Phi) is 5.65. The first kappa shape index (κ1) is 20.8.